The minimum atomic E-state index is -0.165. The lowest BCUT2D eigenvalue weighted by Gasteiger charge is -2.20. The van der Waals surface area contributed by atoms with Crippen LogP contribution in [0.1, 0.15) is 27.7 Å². The van der Waals surface area contributed by atoms with Gasteiger partial charge in [-0.05, 0) is 30.0 Å². The molecule has 1 aliphatic rings. The highest BCUT2D eigenvalue weighted by atomic mass is 32.2. The van der Waals surface area contributed by atoms with Gasteiger partial charge in [0.2, 0.25) is 0 Å². The van der Waals surface area contributed by atoms with Crippen molar-refractivity contribution in [3.63, 3.8) is 0 Å². The molecule has 1 saturated heterocycles. The normalized spacial score (nSPS) is 17.7. The summed E-state index contributed by atoms with van der Waals surface area (Å²) in [6.45, 7) is 1.28. The summed E-state index contributed by atoms with van der Waals surface area (Å²) in [4.78, 5) is 16.0. The molecule has 2 aromatic heterocycles. The zero-order valence-corrected chi connectivity index (χ0v) is 16.6. The molecule has 0 spiro atoms. The van der Waals surface area contributed by atoms with Crippen LogP contribution < -0.4 is 0 Å². The summed E-state index contributed by atoms with van der Waals surface area (Å²) in [6, 6.07) is 12.8. The van der Waals surface area contributed by atoms with Crippen LogP contribution in [-0.2, 0) is 7.05 Å². The van der Waals surface area contributed by atoms with E-state index in [0.29, 0.717) is 18.8 Å². The first-order chi connectivity index (χ1) is 13.1. The molecule has 0 aliphatic carbocycles. The molecule has 7 heteroatoms. The van der Waals surface area contributed by atoms with Gasteiger partial charge < -0.3 is 4.90 Å². The topological polar surface area (TPSA) is 38.1 Å². The molecule has 1 unspecified atom stereocenters. The molecule has 140 valence electrons. The lowest BCUT2D eigenvalue weighted by atomic mass is 10.1. The molecule has 1 amide bonds. The molecule has 0 saturated carbocycles. The third kappa shape index (κ3) is 3.80. The standard InChI is InChI=1S/C20H20FN3OS2/c1-23-17(13-16(22-23)19-7-4-11-26-19)20(25)24-9-8-18(27-12-10-24)14-5-2-3-6-15(14)21/h2-7,11,13,18H,8-10,12H2,1H3. The van der Waals surface area contributed by atoms with Gasteiger partial charge in [-0.3, -0.25) is 9.48 Å². The average Bonchev–Trinajstić information content (AvgIpc) is 3.26. The van der Waals surface area contributed by atoms with E-state index in [2.05, 4.69) is 5.10 Å². The van der Waals surface area contributed by atoms with Crippen molar-refractivity contribution in [1.82, 2.24) is 14.7 Å². The van der Waals surface area contributed by atoms with Crippen molar-refractivity contribution in [2.75, 3.05) is 18.8 Å². The number of hydrogen-bond donors (Lipinski definition) is 0. The highest BCUT2D eigenvalue weighted by Crippen LogP contribution is 2.36. The Labute approximate surface area is 166 Å². The van der Waals surface area contributed by atoms with Crippen molar-refractivity contribution < 1.29 is 9.18 Å². The van der Waals surface area contributed by atoms with E-state index in [1.807, 2.05) is 40.6 Å². The Morgan fingerprint density at radius 2 is 2.07 bits per heavy atom. The number of aromatic nitrogens is 2. The average molecular weight is 402 g/mol. The van der Waals surface area contributed by atoms with Crippen LogP contribution in [0.2, 0.25) is 0 Å². The molecule has 1 aromatic carbocycles. The van der Waals surface area contributed by atoms with Crippen LogP contribution in [-0.4, -0.2) is 39.4 Å². The molecule has 3 heterocycles. The fraction of sp³-hybridized carbons (Fsp3) is 0.300. The van der Waals surface area contributed by atoms with E-state index in [0.717, 1.165) is 28.3 Å². The van der Waals surface area contributed by atoms with Crippen molar-refractivity contribution in [1.29, 1.82) is 0 Å². The molecule has 3 aromatic rings. The van der Waals surface area contributed by atoms with Crippen LogP contribution in [0.25, 0.3) is 10.6 Å². The number of aryl methyl sites for hydroxylation is 1. The Morgan fingerprint density at radius 3 is 2.85 bits per heavy atom. The van der Waals surface area contributed by atoms with Crippen LogP contribution in [0.4, 0.5) is 4.39 Å². The molecule has 0 radical (unpaired) electrons. The second kappa shape index (κ2) is 7.86. The molecule has 0 bridgehead atoms. The maximum absolute atomic E-state index is 14.1. The number of nitrogens with zero attached hydrogens (tertiary/aromatic N) is 3. The molecule has 1 aliphatic heterocycles. The van der Waals surface area contributed by atoms with Crippen LogP contribution >= 0.6 is 23.1 Å². The number of hydrogen-bond acceptors (Lipinski definition) is 4. The zero-order chi connectivity index (χ0) is 18.8. The first-order valence-corrected chi connectivity index (χ1v) is 10.8. The Kier molecular flexibility index (Phi) is 5.31. The van der Waals surface area contributed by atoms with Gasteiger partial charge in [0.1, 0.15) is 17.2 Å². The second-order valence-corrected chi connectivity index (χ2v) is 8.74. The fourth-order valence-electron chi connectivity index (χ4n) is 3.33. The van der Waals surface area contributed by atoms with Gasteiger partial charge in [0.05, 0.1) is 4.88 Å². The van der Waals surface area contributed by atoms with Crippen LogP contribution in [0.5, 0.6) is 0 Å². The third-order valence-electron chi connectivity index (χ3n) is 4.75. The number of halogens is 1. The lowest BCUT2D eigenvalue weighted by Crippen LogP contribution is -2.34. The quantitative estimate of drug-likeness (QED) is 0.643. The van der Waals surface area contributed by atoms with E-state index in [1.165, 1.54) is 6.07 Å². The summed E-state index contributed by atoms with van der Waals surface area (Å²) < 4.78 is 15.8. The van der Waals surface area contributed by atoms with Gasteiger partial charge in [0.15, 0.2) is 0 Å². The van der Waals surface area contributed by atoms with Gasteiger partial charge in [-0.1, -0.05) is 24.3 Å². The van der Waals surface area contributed by atoms with Crippen molar-refractivity contribution >= 4 is 29.0 Å². The van der Waals surface area contributed by atoms with E-state index >= 15 is 0 Å². The zero-order valence-electron chi connectivity index (χ0n) is 15.0. The summed E-state index contributed by atoms with van der Waals surface area (Å²) >= 11 is 3.33. The summed E-state index contributed by atoms with van der Waals surface area (Å²) in [5.41, 5.74) is 2.15. The van der Waals surface area contributed by atoms with E-state index in [1.54, 1.807) is 40.9 Å². The van der Waals surface area contributed by atoms with E-state index in [9.17, 15) is 9.18 Å². The second-order valence-electron chi connectivity index (χ2n) is 6.48. The van der Waals surface area contributed by atoms with Crippen molar-refractivity contribution in [2.45, 2.75) is 11.7 Å². The maximum atomic E-state index is 14.1. The molecule has 1 atom stereocenters. The molecule has 27 heavy (non-hydrogen) atoms. The summed E-state index contributed by atoms with van der Waals surface area (Å²) in [6.07, 6.45) is 0.743. The summed E-state index contributed by atoms with van der Waals surface area (Å²) in [7, 11) is 1.80. The van der Waals surface area contributed by atoms with Crippen LogP contribution in [0, 0.1) is 5.82 Å². The highest BCUT2D eigenvalue weighted by molar-refractivity contribution is 7.99. The fourth-order valence-corrected chi connectivity index (χ4v) is 5.27. The minimum Gasteiger partial charge on any atom is -0.336 e. The first kappa shape index (κ1) is 18.3. The number of amides is 1. The molecular formula is C20H20FN3OS2. The van der Waals surface area contributed by atoms with Gasteiger partial charge in [-0.2, -0.15) is 16.9 Å². The minimum absolute atomic E-state index is 0.0115. The molecule has 1 fully saturated rings. The Morgan fingerprint density at radius 1 is 1.22 bits per heavy atom. The number of carbonyl (C=O) groups is 1. The number of thiophene rings is 1. The number of benzene rings is 1. The van der Waals surface area contributed by atoms with Gasteiger partial charge in [0, 0.05) is 36.7 Å². The van der Waals surface area contributed by atoms with Gasteiger partial charge in [-0.25, -0.2) is 4.39 Å². The third-order valence-corrected chi connectivity index (χ3v) is 6.96. The number of thioether (sulfide) groups is 1. The van der Waals surface area contributed by atoms with Crippen LogP contribution in [0.3, 0.4) is 0 Å². The summed E-state index contributed by atoms with van der Waals surface area (Å²) in [5, 5.41) is 6.57. The monoisotopic (exact) mass is 401 g/mol. The van der Waals surface area contributed by atoms with E-state index in [-0.39, 0.29) is 17.0 Å². The Bertz CT molecular complexity index is 939. The molecule has 0 N–H and O–H groups in total. The van der Waals surface area contributed by atoms with Gasteiger partial charge in [-0.15, -0.1) is 11.3 Å². The predicted octanol–water partition coefficient (Wildman–Crippen LogP) is 4.61. The van der Waals surface area contributed by atoms with Gasteiger partial charge in [0.25, 0.3) is 5.91 Å². The lowest BCUT2D eigenvalue weighted by molar-refractivity contribution is 0.0755. The number of carbonyl (C=O) groups excluding carboxylic acids is 1. The van der Waals surface area contributed by atoms with Gasteiger partial charge >= 0.3 is 0 Å². The van der Waals surface area contributed by atoms with Crippen molar-refractivity contribution in [3.8, 4) is 10.6 Å². The Hall–Kier alpha value is -2.12. The predicted molar refractivity (Wildman–Crippen MR) is 109 cm³/mol. The Balaban J connectivity index is 1.50. The van der Waals surface area contributed by atoms with Crippen LogP contribution in [0.15, 0.2) is 47.8 Å². The van der Waals surface area contributed by atoms with Crippen molar-refractivity contribution in [2.24, 2.45) is 7.05 Å². The number of rotatable bonds is 3. The SMILES string of the molecule is Cn1nc(-c2cccs2)cc1C(=O)N1CCSC(c2ccccc2F)CC1. The highest BCUT2D eigenvalue weighted by Gasteiger charge is 2.26. The molecule has 4 nitrogen and oxygen atoms in total. The van der Waals surface area contributed by atoms with Crippen molar-refractivity contribution in [3.05, 3.63) is 64.9 Å². The van der Waals surface area contributed by atoms with E-state index in [4.69, 9.17) is 0 Å². The maximum Gasteiger partial charge on any atom is 0.272 e. The summed E-state index contributed by atoms with van der Waals surface area (Å²) in [5.74, 6) is 0.616. The first-order valence-electron chi connectivity index (χ1n) is 8.86. The smallest absolute Gasteiger partial charge is 0.272 e. The van der Waals surface area contributed by atoms with E-state index < -0.39 is 0 Å². The molecule has 4 rings (SSSR count). The largest absolute Gasteiger partial charge is 0.336 e. The molecular weight excluding hydrogens is 381 g/mol.